The van der Waals surface area contributed by atoms with Gasteiger partial charge < -0.3 is 19.3 Å². The van der Waals surface area contributed by atoms with Crippen LogP contribution in [0.5, 0.6) is 5.75 Å². The van der Waals surface area contributed by atoms with E-state index in [0.717, 1.165) is 73.3 Å². The molecular weight excluding hydrogens is 468 g/mol. The predicted molar refractivity (Wildman–Crippen MR) is 141 cm³/mol. The first-order chi connectivity index (χ1) is 17.7. The van der Waals surface area contributed by atoms with Crippen molar-refractivity contribution in [2.75, 3.05) is 33.3 Å². The fraction of sp³-hybridized carbons (Fsp3) is 0.621. The number of hydrogen-bond acceptors (Lipinski definition) is 5. The number of aryl methyl sites for hydroxylation is 2. The number of aromatic nitrogens is 2. The van der Waals surface area contributed by atoms with Crippen LogP contribution >= 0.6 is 0 Å². The Labute approximate surface area is 219 Å². The Bertz CT molecular complexity index is 1150. The number of ether oxygens (including phenoxy) is 2. The van der Waals surface area contributed by atoms with Gasteiger partial charge in [-0.1, -0.05) is 12.1 Å². The molecule has 5 rings (SSSR count). The number of carbonyl (C=O) groups excluding carboxylic acids is 2. The number of likely N-dealkylation sites (tertiary alicyclic amines) is 1. The Balaban J connectivity index is 1.24. The van der Waals surface area contributed by atoms with Crippen molar-refractivity contribution in [1.29, 1.82) is 0 Å². The maximum absolute atomic E-state index is 13.4. The summed E-state index contributed by atoms with van der Waals surface area (Å²) in [6, 6.07) is 4.46. The van der Waals surface area contributed by atoms with Gasteiger partial charge in [-0.3, -0.25) is 14.3 Å². The number of rotatable bonds is 5. The number of amides is 2. The van der Waals surface area contributed by atoms with E-state index in [-0.39, 0.29) is 30.6 Å². The summed E-state index contributed by atoms with van der Waals surface area (Å²) in [4.78, 5) is 30.5. The minimum atomic E-state index is -0.0303. The maximum Gasteiger partial charge on any atom is 0.274 e. The van der Waals surface area contributed by atoms with Gasteiger partial charge in [-0.05, 0) is 82.4 Å². The van der Waals surface area contributed by atoms with E-state index in [1.165, 1.54) is 5.56 Å². The van der Waals surface area contributed by atoms with Crippen LogP contribution in [0.4, 0.5) is 0 Å². The molecule has 2 amide bonds. The molecule has 1 aromatic carbocycles. The first-order valence-electron chi connectivity index (χ1n) is 13.7. The maximum atomic E-state index is 13.4. The fourth-order valence-corrected chi connectivity index (χ4v) is 6.54. The zero-order valence-corrected chi connectivity index (χ0v) is 22.9. The Morgan fingerprint density at radius 1 is 1.03 bits per heavy atom. The van der Waals surface area contributed by atoms with Crippen LogP contribution in [0.15, 0.2) is 12.1 Å². The lowest BCUT2D eigenvalue weighted by molar-refractivity contribution is -0.133. The second-order valence-electron chi connectivity index (χ2n) is 11.1. The SMILES string of the molecule is COc1c(C)cc(C2CCN(C(=O)Cn3nc(C(=O)N4C[C@@H](C)O[C@@H](C)C4)c4c3CCC4)CC2)cc1C. The Morgan fingerprint density at radius 3 is 2.30 bits per heavy atom. The highest BCUT2D eigenvalue weighted by Crippen LogP contribution is 2.34. The van der Waals surface area contributed by atoms with E-state index in [9.17, 15) is 9.59 Å². The highest BCUT2D eigenvalue weighted by molar-refractivity contribution is 5.94. The molecule has 37 heavy (non-hydrogen) atoms. The van der Waals surface area contributed by atoms with Gasteiger partial charge >= 0.3 is 0 Å². The molecule has 0 unspecified atom stereocenters. The van der Waals surface area contributed by atoms with Gasteiger partial charge in [-0.25, -0.2) is 0 Å². The molecule has 0 N–H and O–H groups in total. The summed E-state index contributed by atoms with van der Waals surface area (Å²) in [5.74, 6) is 1.46. The smallest absolute Gasteiger partial charge is 0.274 e. The Kier molecular flexibility index (Phi) is 7.30. The minimum Gasteiger partial charge on any atom is -0.496 e. The first-order valence-corrected chi connectivity index (χ1v) is 13.7. The van der Waals surface area contributed by atoms with Gasteiger partial charge in [0.05, 0.1) is 19.3 Å². The monoisotopic (exact) mass is 508 g/mol. The largest absolute Gasteiger partial charge is 0.496 e. The third-order valence-electron chi connectivity index (χ3n) is 8.21. The van der Waals surface area contributed by atoms with Crippen LogP contribution in [-0.4, -0.2) is 76.9 Å². The highest BCUT2D eigenvalue weighted by Gasteiger charge is 2.33. The second kappa shape index (κ2) is 10.5. The normalized spacial score (nSPS) is 22.3. The molecule has 2 aliphatic heterocycles. The molecular formula is C29H40N4O4. The van der Waals surface area contributed by atoms with Gasteiger partial charge in [0, 0.05) is 37.4 Å². The molecule has 0 bridgehead atoms. The number of benzene rings is 1. The van der Waals surface area contributed by atoms with Gasteiger partial charge in [0.15, 0.2) is 5.69 Å². The third kappa shape index (κ3) is 5.13. The zero-order valence-electron chi connectivity index (χ0n) is 22.9. The van der Waals surface area contributed by atoms with Gasteiger partial charge in [0.1, 0.15) is 12.3 Å². The molecule has 2 fully saturated rings. The summed E-state index contributed by atoms with van der Waals surface area (Å²) in [7, 11) is 1.72. The molecule has 2 saturated heterocycles. The van der Waals surface area contributed by atoms with Gasteiger partial charge in [0.25, 0.3) is 5.91 Å². The zero-order chi connectivity index (χ0) is 26.3. The summed E-state index contributed by atoms with van der Waals surface area (Å²) in [6.07, 6.45) is 4.65. The van der Waals surface area contributed by atoms with Crippen LogP contribution in [0.3, 0.4) is 0 Å². The van der Waals surface area contributed by atoms with E-state index >= 15 is 0 Å². The number of carbonyl (C=O) groups is 2. The number of piperidine rings is 1. The van der Waals surface area contributed by atoms with E-state index in [2.05, 4.69) is 26.0 Å². The van der Waals surface area contributed by atoms with E-state index in [4.69, 9.17) is 14.6 Å². The van der Waals surface area contributed by atoms with E-state index < -0.39 is 0 Å². The van der Waals surface area contributed by atoms with Crippen LogP contribution in [0, 0.1) is 13.8 Å². The van der Waals surface area contributed by atoms with Gasteiger partial charge in [-0.15, -0.1) is 0 Å². The lowest BCUT2D eigenvalue weighted by Gasteiger charge is -2.35. The molecule has 2 atom stereocenters. The molecule has 2 aromatic rings. The van der Waals surface area contributed by atoms with Crippen molar-refractivity contribution in [2.45, 2.75) is 84.5 Å². The molecule has 0 radical (unpaired) electrons. The fourth-order valence-electron chi connectivity index (χ4n) is 6.54. The molecule has 3 heterocycles. The highest BCUT2D eigenvalue weighted by atomic mass is 16.5. The Morgan fingerprint density at radius 2 is 1.68 bits per heavy atom. The summed E-state index contributed by atoms with van der Waals surface area (Å²) in [5, 5.41) is 4.72. The number of fused-ring (bicyclic) bond motifs is 1. The van der Waals surface area contributed by atoms with Crippen molar-refractivity contribution in [3.8, 4) is 5.75 Å². The summed E-state index contributed by atoms with van der Waals surface area (Å²) >= 11 is 0. The van der Waals surface area contributed by atoms with Crippen molar-refractivity contribution < 1.29 is 19.1 Å². The van der Waals surface area contributed by atoms with Crippen LogP contribution in [0.2, 0.25) is 0 Å². The van der Waals surface area contributed by atoms with Crippen molar-refractivity contribution in [3.05, 3.63) is 45.8 Å². The van der Waals surface area contributed by atoms with Gasteiger partial charge in [0.2, 0.25) is 5.91 Å². The lowest BCUT2D eigenvalue weighted by atomic mass is 9.87. The van der Waals surface area contributed by atoms with E-state index in [1.54, 1.807) is 7.11 Å². The quantitative estimate of drug-likeness (QED) is 0.616. The van der Waals surface area contributed by atoms with E-state index in [0.29, 0.717) is 24.7 Å². The van der Waals surface area contributed by atoms with Gasteiger partial charge in [-0.2, -0.15) is 5.10 Å². The van der Waals surface area contributed by atoms with Crippen LogP contribution < -0.4 is 4.74 Å². The summed E-state index contributed by atoms with van der Waals surface area (Å²) in [5.41, 5.74) is 6.29. The lowest BCUT2D eigenvalue weighted by Crippen LogP contribution is -2.48. The molecule has 1 aliphatic carbocycles. The van der Waals surface area contributed by atoms with Crippen molar-refractivity contribution in [2.24, 2.45) is 0 Å². The van der Waals surface area contributed by atoms with E-state index in [1.807, 2.05) is 28.3 Å². The molecule has 8 heteroatoms. The first kappa shape index (κ1) is 25.8. The standard InChI is InChI=1S/C29H40N4O4/c1-18-13-23(14-19(2)28(18)36-5)22-9-11-31(12-10-22)26(34)17-33-25-8-6-7-24(25)27(30-33)29(35)32-15-20(3)37-21(4)16-32/h13-14,20-22H,6-12,15-17H2,1-5H3/t20-,21+. The number of morpholine rings is 1. The third-order valence-corrected chi connectivity index (χ3v) is 8.21. The average Bonchev–Trinajstić information content (AvgIpc) is 3.47. The molecule has 0 spiro atoms. The summed E-state index contributed by atoms with van der Waals surface area (Å²) < 4.78 is 13.1. The minimum absolute atomic E-state index is 0.0121. The number of nitrogens with zero attached hydrogens (tertiary/aromatic N) is 4. The predicted octanol–water partition coefficient (Wildman–Crippen LogP) is 3.65. The molecule has 0 saturated carbocycles. The number of hydrogen-bond donors (Lipinski definition) is 0. The summed E-state index contributed by atoms with van der Waals surface area (Å²) in [6.45, 7) is 11.0. The molecule has 8 nitrogen and oxygen atoms in total. The van der Waals surface area contributed by atoms with Crippen molar-refractivity contribution in [3.63, 3.8) is 0 Å². The number of methoxy groups -OCH3 is 1. The van der Waals surface area contributed by atoms with Crippen LogP contribution in [0.25, 0.3) is 0 Å². The van der Waals surface area contributed by atoms with Crippen molar-refractivity contribution in [1.82, 2.24) is 19.6 Å². The molecule has 200 valence electrons. The molecule has 1 aromatic heterocycles. The average molecular weight is 509 g/mol. The van der Waals surface area contributed by atoms with Crippen molar-refractivity contribution >= 4 is 11.8 Å². The van der Waals surface area contributed by atoms with Crippen LogP contribution in [-0.2, 0) is 28.9 Å². The Hall–Kier alpha value is -2.87. The topological polar surface area (TPSA) is 76.9 Å². The van der Waals surface area contributed by atoms with Crippen LogP contribution in [0.1, 0.15) is 77.5 Å². The second-order valence-corrected chi connectivity index (χ2v) is 11.1. The molecule has 3 aliphatic rings.